The topological polar surface area (TPSA) is 102 Å². The van der Waals surface area contributed by atoms with Gasteiger partial charge in [0.15, 0.2) is 5.82 Å². The largest absolute Gasteiger partial charge is 0.381 e. The van der Waals surface area contributed by atoms with Gasteiger partial charge in [-0.25, -0.2) is 0 Å². The summed E-state index contributed by atoms with van der Waals surface area (Å²) >= 11 is 0. The molecule has 0 aliphatic rings. The molecule has 0 atom stereocenters. The Morgan fingerprint density at radius 2 is 2.08 bits per heavy atom. The van der Waals surface area contributed by atoms with E-state index in [1.807, 2.05) is 26.0 Å². The quantitative estimate of drug-likeness (QED) is 0.666. The Kier molecular flexibility index (Phi) is 4.75. The van der Waals surface area contributed by atoms with Gasteiger partial charge < -0.3 is 5.73 Å². The Morgan fingerprint density at radius 1 is 1.46 bits per heavy atom. The molecule has 0 saturated heterocycles. The zero-order valence-electron chi connectivity index (χ0n) is 7.63. The summed E-state index contributed by atoms with van der Waals surface area (Å²) in [6, 6.07) is 3.75. The van der Waals surface area contributed by atoms with Gasteiger partial charge in [-0.2, -0.15) is 15.6 Å². The van der Waals surface area contributed by atoms with Crippen molar-refractivity contribution in [3.63, 3.8) is 0 Å². The van der Waals surface area contributed by atoms with E-state index < -0.39 is 0 Å². The van der Waals surface area contributed by atoms with Crippen LogP contribution in [0.5, 0.6) is 0 Å². The molecule has 0 aromatic carbocycles. The van der Waals surface area contributed by atoms with Crippen molar-refractivity contribution in [1.29, 1.82) is 10.5 Å². The van der Waals surface area contributed by atoms with E-state index in [9.17, 15) is 0 Å². The van der Waals surface area contributed by atoms with Gasteiger partial charge in [-0.05, 0) is 0 Å². The third-order valence-electron chi connectivity index (χ3n) is 1.24. The van der Waals surface area contributed by atoms with Gasteiger partial charge in [0.05, 0.1) is 18.2 Å². The number of nitriles is 2. The van der Waals surface area contributed by atoms with E-state index in [4.69, 9.17) is 16.3 Å². The second-order valence-corrected chi connectivity index (χ2v) is 1.91. The van der Waals surface area contributed by atoms with Crippen LogP contribution in [0, 0.1) is 22.7 Å². The van der Waals surface area contributed by atoms with Gasteiger partial charge in [-0.1, -0.05) is 13.8 Å². The zero-order chi connectivity index (χ0) is 10.3. The Labute approximate surface area is 76.8 Å². The number of anilines is 1. The minimum absolute atomic E-state index is 0.132. The van der Waals surface area contributed by atoms with Crippen LogP contribution in [-0.2, 0) is 6.42 Å². The standard InChI is InChI=1S/C6H5N5.C2H6/c7-2-1-5-4(3-8)6(9)11-10-5;1-2/h1H2,(H3,9,10,11);1-2H3. The highest BCUT2D eigenvalue weighted by Gasteiger charge is 2.08. The van der Waals surface area contributed by atoms with Crippen LogP contribution in [0.25, 0.3) is 0 Å². The van der Waals surface area contributed by atoms with Crippen LogP contribution < -0.4 is 5.73 Å². The number of nitrogens with zero attached hydrogens (tertiary/aromatic N) is 3. The lowest BCUT2D eigenvalue weighted by Crippen LogP contribution is -1.89. The number of H-pyrrole nitrogens is 1. The number of aromatic amines is 1. The minimum atomic E-state index is 0.132. The molecule has 1 aromatic rings. The second-order valence-electron chi connectivity index (χ2n) is 1.91. The van der Waals surface area contributed by atoms with E-state index in [0.717, 1.165) is 0 Å². The van der Waals surface area contributed by atoms with Crippen LogP contribution in [0.3, 0.4) is 0 Å². The van der Waals surface area contributed by atoms with E-state index >= 15 is 0 Å². The first-order valence-electron chi connectivity index (χ1n) is 3.89. The predicted octanol–water partition coefficient (Wildman–Crippen LogP) is 0.956. The molecule has 1 aromatic heterocycles. The molecular formula is C8H11N5. The number of nitrogens with one attached hydrogen (secondary N) is 1. The number of hydrogen-bond donors (Lipinski definition) is 2. The molecule has 1 heterocycles. The third-order valence-corrected chi connectivity index (χ3v) is 1.24. The highest BCUT2D eigenvalue weighted by Crippen LogP contribution is 2.11. The summed E-state index contributed by atoms with van der Waals surface area (Å²) < 4.78 is 0. The average molecular weight is 177 g/mol. The van der Waals surface area contributed by atoms with Gasteiger partial charge in [0.1, 0.15) is 11.6 Å². The number of hydrogen-bond acceptors (Lipinski definition) is 4. The van der Waals surface area contributed by atoms with Crippen molar-refractivity contribution in [2.75, 3.05) is 5.73 Å². The SMILES string of the molecule is CC.N#CCc1[nH]nc(N)c1C#N. The van der Waals surface area contributed by atoms with Crippen LogP contribution in [-0.4, -0.2) is 10.2 Å². The summed E-state index contributed by atoms with van der Waals surface area (Å²) in [7, 11) is 0. The predicted molar refractivity (Wildman–Crippen MR) is 48.4 cm³/mol. The molecule has 0 amide bonds. The summed E-state index contributed by atoms with van der Waals surface area (Å²) in [6.07, 6.45) is 0.132. The molecular weight excluding hydrogens is 166 g/mol. The molecule has 13 heavy (non-hydrogen) atoms. The van der Waals surface area contributed by atoms with E-state index in [2.05, 4.69) is 10.2 Å². The highest BCUT2D eigenvalue weighted by molar-refractivity contribution is 5.51. The maximum atomic E-state index is 8.52. The Balaban J connectivity index is 0.000000671. The Bertz CT molecular complexity index is 338. The first-order chi connectivity index (χ1) is 6.29. The first kappa shape index (κ1) is 11.0. The molecule has 0 bridgehead atoms. The smallest absolute Gasteiger partial charge is 0.163 e. The van der Waals surface area contributed by atoms with Crippen molar-refractivity contribution in [1.82, 2.24) is 10.2 Å². The lowest BCUT2D eigenvalue weighted by Gasteiger charge is -1.85. The molecule has 5 nitrogen and oxygen atoms in total. The monoisotopic (exact) mass is 177 g/mol. The van der Waals surface area contributed by atoms with E-state index in [-0.39, 0.29) is 17.8 Å². The van der Waals surface area contributed by atoms with E-state index in [1.54, 1.807) is 0 Å². The van der Waals surface area contributed by atoms with E-state index in [1.165, 1.54) is 0 Å². The van der Waals surface area contributed by atoms with Gasteiger partial charge in [0.25, 0.3) is 0 Å². The van der Waals surface area contributed by atoms with Gasteiger partial charge in [0, 0.05) is 0 Å². The van der Waals surface area contributed by atoms with Crippen molar-refractivity contribution in [2.24, 2.45) is 0 Å². The number of rotatable bonds is 1. The molecule has 0 spiro atoms. The maximum Gasteiger partial charge on any atom is 0.163 e. The van der Waals surface area contributed by atoms with Crippen molar-refractivity contribution >= 4 is 5.82 Å². The molecule has 0 unspecified atom stereocenters. The zero-order valence-corrected chi connectivity index (χ0v) is 7.63. The van der Waals surface area contributed by atoms with Gasteiger partial charge in [-0.15, -0.1) is 0 Å². The summed E-state index contributed by atoms with van der Waals surface area (Å²) in [5.41, 5.74) is 6.06. The van der Waals surface area contributed by atoms with Crippen molar-refractivity contribution < 1.29 is 0 Å². The summed E-state index contributed by atoms with van der Waals surface area (Å²) in [5.74, 6) is 0.151. The van der Waals surface area contributed by atoms with Crippen LogP contribution in [0.15, 0.2) is 0 Å². The molecule has 0 radical (unpaired) electrons. The molecule has 5 heteroatoms. The molecule has 3 N–H and O–H groups in total. The number of aromatic nitrogens is 2. The van der Waals surface area contributed by atoms with Crippen molar-refractivity contribution in [3.8, 4) is 12.1 Å². The third kappa shape index (κ3) is 2.49. The number of nitrogens with two attached hydrogens (primary N) is 1. The van der Waals surface area contributed by atoms with Crippen molar-refractivity contribution in [3.05, 3.63) is 11.3 Å². The fourth-order valence-electron chi connectivity index (χ4n) is 0.726. The van der Waals surface area contributed by atoms with Crippen LogP contribution in [0.4, 0.5) is 5.82 Å². The van der Waals surface area contributed by atoms with Crippen LogP contribution >= 0.6 is 0 Å². The molecule has 1 rings (SSSR count). The number of nitrogen functional groups attached to an aromatic ring is 1. The van der Waals surface area contributed by atoms with Crippen molar-refractivity contribution in [2.45, 2.75) is 20.3 Å². The first-order valence-corrected chi connectivity index (χ1v) is 3.89. The fraction of sp³-hybridized carbons (Fsp3) is 0.375. The van der Waals surface area contributed by atoms with E-state index in [0.29, 0.717) is 5.69 Å². The molecule has 0 fully saturated rings. The second kappa shape index (κ2) is 5.62. The van der Waals surface area contributed by atoms with Gasteiger partial charge in [-0.3, -0.25) is 5.10 Å². The Morgan fingerprint density at radius 3 is 2.54 bits per heavy atom. The molecule has 0 saturated carbocycles. The summed E-state index contributed by atoms with van der Waals surface area (Å²) in [6.45, 7) is 4.00. The fourth-order valence-corrected chi connectivity index (χ4v) is 0.726. The normalized spacial score (nSPS) is 7.69. The summed E-state index contributed by atoms with van der Waals surface area (Å²) in [4.78, 5) is 0. The lowest BCUT2D eigenvalue weighted by atomic mass is 10.2. The Hall–Kier alpha value is -2.01. The average Bonchev–Trinajstić information content (AvgIpc) is 2.51. The van der Waals surface area contributed by atoms with Gasteiger partial charge in [0.2, 0.25) is 0 Å². The van der Waals surface area contributed by atoms with Crippen LogP contribution in [0.1, 0.15) is 25.1 Å². The summed E-state index contributed by atoms with van der Waals surface area (Å²) in [5, 5.41) is 22.9. The highest BCUT2D eigenvalue weighted by atomic mass is 15.2. The van der Waals surface area contributed by atoms with Gasteiger partial charge >= 0.3 is 0 Å². The molecule has 68 valence electrons. The lowest BCUT2D eigenvalue weighted by molar-refractivity contribution is 1.02. The van der Waals surface area contributed by atoms with Crippen LogP contribution in [0.2, 0.25) is 0 Å². The molecule has 0 aliphatic carbocycles. The molecule has 0 aliphatic heterocycles. The minimum Gasteiger partial charge on any atom is -0.381 e. The maximum absolute atomic E-state index is 8.52.